The lowest BCUT2D eigenvalue weighted by Crippen LogP contribution is -2.38. The van der Waals surface area contributed by atoms with Crippen molar-refractivity contribution in [2.45, 2.75) is 34.1 Å². The number of carbonyl (C=O) groups is 1. The number of nitrogens with one attached hydrogen (secondary N) is 1. The number of fused-ring (bicyclic) bond motifs is 1. The van der Waals surface area contributed by atoms with Crippen LogP contribution in [0.15, 0.2) is 36.4 Å². The molecule has 2 aromatic carbocycles. The molecule has 2 heterocycles. The van der Waals surface area contributed by atoms with Crippen LogP contribution in [0.5, 0.6) is 0 Å². The summed E-state index contributed by atoms with van der Waals surface area (Å²) in [5.74, 6) is 0.714. The Labute approximate surface area is 189 Å². The van der Waals surface area contributed by atoms with Gasteiger partial charge in [-0.05, 0) is 62.4 Å². The van der Waals surface area contributed by atoms with E-state index in [-0.39, 0.29) is 6.03 Å². The van der Waals surface area contributed by atoms with Gasteiger partial charge in [0.2, 0.25) is 0 Å². The number of hydrogen-bond donors (Lipinski definition) is 1. The topological polar surface area (TPSA) is 72.3 Å². The first kappa shape index (κ1) is 21.6. The molecule has 2 amide bonds. The number of pyridine rings is 1. The first-order valence-corrected chi connectivity index (χ1v) is 11.1. The molecule has 0 atom stereocenters. The van der Waals surface area contributed by atoms with Gasteiger partial charge in [-0.3, -0.25) is 0 Å². The summed E-state index contributed by atoms with van der Waals surface area (Å²) in [6.45, 7) is 10.8. The third-order valence-electron chi connectivity index (χ3n) is 6.41. The van der Waals surface area contributed by atoms with Gasteiger partial charge in [-0.2, -0.15) is 5.26 Å². The maximum atomic E-state index is 13.0. The molecule has 3 aromatic rings. The molecular weight excluding hydrogens is 398 g/mol. The Kier molecular flexibility index (Phi) is 6.00. The second-order valence-corrected chi connectivity index (χ2v) is 8.58. The average Bonchev–Trinajstić information content (AvgIpc) is 3.04. The number of benzene rings is 2. The van der Waals surface area contributed by atoms with E-state index in [0.29, 0.717) is 31.0 Å². The normalized spacial score (nSPS) is 14.2. The van der Waals surface area contributed by atoms with Gasteiger partial charge in [0.05, 0.1) is 11.1 Å². The van der Waals surface area contributed by atoms with Crippen LogP contribution in [-0.2, 0) is 0 Å². The van der Waals surface area contributed by atoms with Crippen molar-refractivity contribution in [3.8, 4) is 6.07 Å². The molecule has 1 aliphatic rings. The predicted octanol–water partition coefficient (Wildman–Crippen LogP) is 5.08. The number of urea groups is 1. The molecule has 32 heavy (non-hydrogen) atoms. The zero-order chi connectivity index (χ0) is 22.8. The standard InChI is InChI=1S/C26H29N5O/c1-17-9-10-21-15-22(16-27)25(28-24(21)20(17)4)30-11-6-12-31(14-13-30)26(32)29-23-18(2)7-5-8-19(23)3/h5,7-10,15H,6,11-14H2,1-4H3,(H,29,32). The number of amides is 2. The molecule has 6 nitrogen and oxygen atoms in total. The van der Waals surface area contributed by atoms with Crippen LogP contribution in [0.3, 0.4) is 0 Å². The largest absolute Gasteiger partial charge is 0.354 e. The van der Waals surface area contributed by atoms with E-state index in [2.05, 4.69) is 36.2 Å². The SMILES string of the molecule is Cc1cccc(C)c1NC(=O)N1CCCN(c2nc3c(C)c(C)ccc3cc2C#N)CC1. The van der Waals surface area contributed by atoms with Gasteiger partial charge >= 0.3 is 6.03 Å². The average molecular weight is 428 g/mol. The van der Waals surface area contributed by atoms with Crippen molar-refractivity contribution >= 4 is 28.4 Å². The Morgan fingerprint density at radius 3 is 2.47 bits per heavy atom. The Hall–Kier alpha value is -3.59. The van der Waals surface area contributed by atoms with E-state index in [9.17, 15) is 10.1 Å². The van der Waals surface area contributed by atoms with Crippen molar-refractivity contribution in [2.75, 3.05) is 36.4 Å². The zero-order valence-electron chi connectivity index (χ0n) is 19.2. The third-order valence-corrected chi connectivity index (χ3v) is 6.41. The van der Waals surface area contributed by atoms with Gasteiger partial charge in [0.25, 0.3) is 0 Å². The van der Waals surface area contributed by atoms with E-state index < -0.39 is 0 Å². The minimum Gasteiger partial charge on any atom is -0.354 e. The fourth-order valence-corrected chi connectivity index (χ4v) is 4.33. The molecule has 1 saturated heterocycles. The van der Waals surface area contributed by atoms with Crippen LogP contribution in [0.1, 0.15) is 34.2 Å². The van der Waals surface area contributed by atoms with E-state index >= 15 is 0 Å². The van der Waals surface area contributed by atoms with Crippen LogP contribution < -0.4 is 10.2 Å². The molecule has 0 bridgehead atoms. The number of nitrogens with zero attached hydrogens (tertiary/aromatic N) is 4. The molecule has 164 valence electrons. The van der Waals surface area contributed by atoms with E-state index in [0.717, 1.165) is 46.2 Å². The highest BCUT2D eigenvalue weighted by Gasteiger charge is 2.23. The van der Waals surface area contributed by atoms with E-state index in [1.807, 2.05) is 49.1 Å². The highest BCUT2D eigenvalue weighted by atomic mass is 16.2. The number of aryl methyl sites for hydroxylation is 4. The summed E-state index contributed by atoms with van der Waals surface area (Å²) in [4.78, 5) is 21.9. The molecule has 0 radical (unpaired) electrons. The lowest BCUT2D eigenvalue weighted by molar-refractivity contribution is 0.215. The van der Waals surface area contributed by atoms with Gasteiger partial charge in [-0.1, -0.05) is 30.3 Å². The predicted molar refractivity (Wildman–Crippen MR) is 129 cm³/mol. The smallest absolute Gasteiger partial charge is 0.321 e. The van der Waals surface area contributed by atoms with Gasteiger partial charge in [0, 0.05) is 37.3 Å². The van der Waals surface area contributed by atoms with Crippen molar-refractivity contribution < 1.29 is 4.79 Å². The summed E-state index contributed by atoms with van der Waals surface area (Å²) in [7, 11) is 0. The summed E-state index contributed by atoms with van der Waals surface area (Å²) in [6, 6.07) is 14.3. The second-order valence-electron chi connectivity index (χ2n) is 8.58. The second kappa shape index (κ2) is 8.88. The summed E-state index contributed by atoms with van der Waals surface area (Å²) in [5.41, 5.74) is 6.83. The maximum absolute atomic E-state index is 13.0. The Morgan fingerprint density at radius 2 is 1.75 bits per heavy atom. The minimum atomic E-state index is -0.0808. The van der Waals surface area contributed by atoms with Crippen molar-refractivity contribution in [1.29, 1.82) is 5.26 Å². The molecule has 0 aliphatic carbocycles. The summed E-state index contributed by atoms with van der Waals surface area (Å²) >= 11 is 0. The molecule has 6 heteroatoms. The lowest BCUT2D eigenvalue weighted by atomic mass is 10.0. The number of para-hydroxylation sites is 1. The Morgan fingerprint density at radius 1 is 1.00 bits per heavy atom. The van der Waals surface area contributed by atoms with Crippen LogP contribution in [0.25, 0.3) is 10.9 Å². The number of aromatic nitrogens is 1. The molecule has 4 rings (SSSR count). The number of carbonyl (C=O) groups excluding carboxylic acids is 1. The van der Waals surface area contributed by atoms with Crippen molar-refractivity contribution in [3.05, 3.63) is 64.2 Å². The highest BCUT2D eigenvalue weighted by molar-refractivity contribution is 5.91. The van der Waals surface area contributed by atoms with E-state index in [1.54, 1.807) is 0 Å². The van der Waals surface area contributed by atoms with Crippen molar-refractivity contribution in [1.82, 2.24) is 9.88 Å². The Balaban J connectivity index is 1.56. The lowest BCUT2D eigenvalue weighted by Gasteiger charge is -2.25. The van der Waals surface area contributed by atoms with Crippen LogP contribution in [0.4, 0.5) is 16.3 Å². The van der Waals surface area contributed by atoms with Gasteiger partial charge in [-0.25, -0.2) is 9.78 Å². The van der Waals surface area contributed by atoms with Crippen LogP contribution >= 0.6 is 0 Å². The van der Waals surface area contributed by atoms with Gasteiger partial charge in [-0.15, -0.1) is 0 Å². The van der Waals surface area contributed by atoms with E-state index in [1.165, 1.54) is 5.56 Å². The van der Waals surface area contributed by atoms with Crippen molar-refractivity contribution in [2.24, 2.45) is 0 Å². The maximum Gasteiger partial charge on any atom is 0.321 e. The summed E-state index contributed by atoms with van der Waals surface area (Å²) in [6.07, 6.45) is 0.817. The van der Waals surface area contributed by atoms with Gasteiger partial charge in [0.15, 0.2) is 0 Å². The monoisotopic (exact) mass is 427 g/mol. The first-order valence-electron chi connectivity index (χ1n) is 11.1. The van der Waals surface area contributed by atoms with Crippen LogP contribution in [-0.4, -0.2) is 42.1 Å². The molecule has 0 unspecified atom stereocenters. The zero-order valence-corrected chi connectivity index (χ0v) is 19.2. The van der Waals surface area contributed by atoms with Gasteiger partial charge in [0.1, 0.15) is 11.9 Å². The highest BCUT2D eigenvalue weighted by Crippen LogP contribution is 2.28. The summed E-state index contributed by atoms with van der Waals surface area (Å²) < 4.78 is 0. The molecule has 0 saturated carbocycles. The Bertz CT molecular complexity index is 1210. The molecular formula is C26H29N5O. The van der Waals surface area contributed by atoms with Crippen LogP contribution in [0, 0.1) is 39.0 Å². The molecule has 1 fully saturated rings. The first-order chi connectivity index (χ1) is 15.4. The van der Waals surface area contributed by atoms with Crippen LogP contribution in [0.2, 0.25) is 0 Å². The minimum absolute atomic E-state index is 0.0808. The summed E-state index contributed by atoms with van der Waals surface area (Å²) in [5, 5.41) is 13.8. The van der Waals surface area contributed by atoms with E-state index in [4.69, 9.17) is 4.98 Å². The fourth-order valence-electron chi connectivity index (χ4n) is 4.33. The quantitative estimate of drug-likeness (QED) is 0.619. The molecule has 0 spiro atoms. The third kappa shape index (κ3) is 4.11. The number of anilines is 2. The molecule has 1 aromatic heterocycles. The number of hydrogen-bond acceptors (Lipinski definition) is 4. The van der Waals surface area contributed by atoms with Crippen molar-refractivity contribution in [3.63, 3.8) is 0 Å². The fraction of sp³-hybridized carbons (Fsp3) is 0.346. The number of nitriles is 1. The molecule has 1 N–H and O–H groups in total. The molecule has 1 aliphatic heterocycles. The van der Waals surface area contributed by atoms with Gasteiger partial charge < -0.3 is 15.1 Å². The number of rotatable bonds is 2.